The van der Waals surface area contributed by atoms with Crippen molar-refractivity contribution in [2.75, 3.05) is 25.2 Å². The van der Waals surface area contributed by atoms with Crippen molar-refractivity contribution in [1.29, 1.82) is 0 Å². The van der Waals surface area contributed by atoms with Crippen LogP contribution in [0.3, 0.4) is 0 Å². The topological polar surface area (TPSA) is 91.9 Å². The molecule has 2 aliphatic heterocycles. The van der Waals surface area contributed by atoms with Crippen LogP contribution in [0.2, 0.25) is 0 Å². The van der Waals surface area contributed by atoms with E-state index in [0.29, 0.717) is 48.1 Å². The number of anilines is 1. The summed E-state index contributed by atoms with van der Waals surface area (Å²) < 4.78 is 23.9. The van der Waals surface area contributed by atoms with E-state index in [1.165, 1.54) is 12.1 Å². The standard InChI is InChI=1S/C25H27FN4O4S/c26-17-2-4-19(5-3-17)28-25(35)30-11-9-15(10-12-30)22(24(32)27-18-6-7-18)29-23(31)16-1-8-20-21(13-16)34-14-33-20/h1-5,8,13,15,18,22H,6-7,9-12,14H2,(H,27,32)(H,28,35)(H,29,31)/t22-/m1/s1. The van der Waals surface area contributed by atoms with Gasteiger partial charge in [0.1, 0.15) is 11.9 Å². The highest BCUT2D eigenvalue weighted by molar-refractivity contribution is 7.80. The smallest absolute Gasteiger partial charge is 0.252 e. The van der Waals surface area contributed by atoms with Gasteiger partial charge in [-0.25, -0.2) is 4.39 Å². The Hall–Kier alpha value is -3.40. The van der Waals surface area contributed by atoms with Crippen LogP contribution in [0.5, 0.6) is 11.5 Å². The second-order valence-electron chi connectivity index (χ2n) is 9.06. The fraction of sp³-hybridized carbons (Fsp3) is 0.400. The Morgan fingerprint density at radius 1 is 1.00 bits per heavy atom. The first-order valence-corrected chi connectivity index (χ1v) is 12.2. The molecule has 0 unspecified atom stereocenters. The summed E-state index contributed by atoms with van der Waals surface area (Å²) in [6.07, 6.45) is 3.32. The van der Waals surface area contributed by atoms with Crippen LogP contribution in [0.1, 0.15) is 36.0 Å². The molecule has 2 heterocycles. The van der Waals surface area contributed by atoms with Gasteiger partial charge >= 0.3 is 0 Å². The second kappa shape index (κ2) is 10.1. The predicted octanol–water partition coefficient (Wildman–Crippen LogP) is 3.04. The summed E-state index contributed by atoms with van der Waals surface area (Å²) in [5.41, 5.74) is 1.14. The Kier molecular flexibility index (Phi) is 6.72. The van der Waals surface area contributed by atoms with Crippen LogP contribution in [0.25, 0.3) is 0 Å². The summed E-state index contributed by atoms with van der Waals surface area (Å²) in [5.74, 6) is 0.314. The Bertz CT molecular complexity index is 1120. The number of benzene rings is 2. The van der Waals surface area contributed by atoms with E-state index >= 15 is 0 Å². The summed E-state index contributed by atoms with van der Waals surface area (Å²) in [5, 5.41) is 9.69. The largest absolute Gasteiger partial charge is 0.454 e. The van der Waals surface area contributed by atoms with Gasteiger partial charge in [0, 0.05) is 30.4 Å². The molecule has 1 atom stereocenters. The normalized spacial score (nSPS) is 18.0. The van der Waals surface area contributed by atoms with Crippen molar-refractivity contribution in [2.45, 2.75) is 37.8 Å². The molecule has 0 spiro atoms. The minimum absolute atomic E-state index is 0.0309. The molecule has 5 rings (SSSR count). The van der Waals surface area contributed by atoms with E-state index < -0.39 is 6.04 Å². The molecule has 3 N–H and O–H groups in total. The molecule has 2 amide bonds. The number of amides is 2. The van der Waals surface area contributed by atoms with Crippen molar-refractivity contribution in [3.63, 3.8) is 0 Å². The molecule has 0 aromatic heterocycles. The number of nitrogens with one attached hydrogen (secondary N) is 3. The lowest BCUT2D eigenvalue weighted by Gasteiger charge is -2.37. The molecule has 0 radical (unpaired) electrons. The van der Waals surface area contributed by atoms with Gasteiger partial charge in [-0.1, -0.05) is 0 Å². The van der Waals surface area contributed by atoms with Gasteiger partial charge in [-0.05, 0) is 86.3 Å². The first-order valence-electron chi connectivity index (χ1n) is 11.8. The number of ether oxygens (including phenoxy) is 2. The number of piperidine rings is 1. The number of thiocarbonyl (C=S) groups is 1. The van der Waals surface area contributed by atoms with Crippen molar-refractivity contribution >= 4 is 34.8 Å². The fourth-order valence-corrected chi connectivity index (χ4v) is 4.65. The Morgan fingerprint density at radius 2 is 1.71 bits per heavy atom. The summed E-state index contributed by atoms with van der Waals surface area (Å²) in [6, 6.07) is 10.6. The molecule has 10 heteroatoms. The number of hydrogen-bond donors (Lipinski definition) is 3. The zero-order valence-corrected chi connectivity index (χ0v) is 19.9. The number of fused-ring (bicyclic) bond motifs is 1. The van der Waals surface area contributed by atoms with Gasteiger partial charge < -0.3 is 30.3 Å². The first kappa shape index (κ1) is 23.3. The zero-order chi connectivity index (χ0) is 24.4. The molecule has 3 aliphatic rings. The van der Waals surface area contributed by atoms with Gasteiger partial charge in [-0.3, -0.25) is 9.59 Å². The minimum atomic E-state index is -0.644. The molecule has 1 saturated heterocycles. The van der Waals surface area contributed by atoms with Crippen molar-refractivity contribution in [2.24, 2.45) is 5.92 Å². The SMILES string of the molecule is O=C(N[C@@H](C(=O)NC1CC1)C1CCN(C(=S)Nc2ccc(F)cc2)CC1)c1ccc2c(c1)OCO2. The van der Waals surface area contributed by atoms with Crippen LogP contribution in [-0.4, -0.2) is 53.8 Å². The van der Waals surface area contributed by atoms with E-state index in [1.807, 2.05) is 4.90 Å². The quantitative estimate of drug-likeness (QED) is 0.528. The molecule has 1 saturated carbocycles. The molecule has 1 aliphatic carbocycles. The van der Waals surface area contributed by atoms with Gasteiger partial charge in [0.15, 0.2) is 16.6 Å². The molecule has 2 aromatic rings. The zero-order valence-electron chi connectivity index (χ0n) is 19.1. The predicted molar refractivity (Wildman–Crippen MR) is 132 cm³/mol. The van der Waals surface area contributed by atoms with Crippen LogP contribution in [0.15, 0.2) is 42.5 Å². The van der Waals surface area contributed by atoms with Gasteiger partial charge in [-0.2, -0.15) is 0 Å². The highest BCUT2D eigenvalue weighted by Crippen LogP contribution is 2.32. The number of nitrogens with zero attached hydrogens (tertiary/aromatic N) is 1. The molecule has 8 nitrogen and oxygen atoms in total. The van der Waals surface area contributed by atoms with Gasteiger partial charge in [0.25, 0.3) is 5.91 Å². The lowest BCUT2D eigenvalue weighted by molar-refractivity contribution is -0.124. The number of likely N-dealkylation sites (tertiary alicyclic amines) is 1. The maximum atomic E-state index is 13.2. The molecule has 184 valence electrons. The molecule has 2 aromatic carbocycles. The third kappa shape index (κ3) is 5.64. The molecule has 0 bridgehead atoms. The Balaban J connectivity index is 1.22. The van der Waals surface area contributed by atoms with Gasteiger partial charge in [0.2, 0.25) is 12.7 Å². The molecule has 35 heavy (non-hydrogen) atoms. The van der Waals surface area contributed by atoms with Crippen LogP contribution in [-0.2, 0) is 4.79 Å². The number of hydrogen-bond acceptors (Lipinski definition) is 5. The average Bonchev–Trinajstić information content (AvgIpc) is 3.55. The minimum Gasteiger partial charge on any atom is -0.454 e. The third-order valence-electron chi connectivity index (χ3n) is 6.52. The number of carbonyl (C=O) groups excluding carboxylic acids is 2. The summed E-state index contributed by atoms with van der Waals surface area (Å²) >= 11 is 5.53. The lowest BCUT2D eigenvalue weighted by atomic mass is 9.88. The Labute approximate surface area is 208 Å². The van der Waals surface area contributed by atoms with Crippen molar-refractivity contribution in [1.82, 2.24) is 15.5 Å². The van der Waals surface area contributed by atoms with Crippen LogP contribution in [0, 0.1) is 11.7 Å². The van der Waals surface area contributed by atoms with Crippen molar-refractivity contribution in [3.8, 4) is 11.5 Å². The van der Waals surface area contributed by atoms with E-state index in [9.17, 15) is 14.0 Å². The van der Waals surface area contributed by atoms with Crippen LogP contribution < -0.4 is 25.4 Å². The fourth-order valence-electron chi connectivity index (χ4n) is 4.35. The van der Waals surface area contributed by atoms with Crippen molar-refractivity contribution in [3.05, 3.63) is 53.8 Å². The number of carbonyl (C=O) groups is 2. The lowest BCUT2D eigenvalue weighted by Crippen LogP contribution is -2.54. The van der Waals surface area contributed by atoms with E-state index in [2.05, 4.69) is 16.0 Å². The highest BCUT2D eigenvalue weighted by Gasteiger charge is 2.36. The number of rotatable bonds is 6. The Morgan fingerprint density at radius 3 is 2.43 bits per heavy atom. The van der Waals surface area contributed by atoms with E-state index in [0.717, 1.165) is 18.5 Å². The van der Waals surface area contributed by atoms with Crippen molar-refractivity contribution < 1.29 is 23.5 Å². The van der Waals surface area contributed by atoms with Gasteiger partial charge in [0.05, 0.1) is 0 Å². The molecule has 2 fully saturated rings. The summed E-state index contributed by atoms with van der Waals surface area (Å²) in [4.78, 5) is 28.2. The van der Waals surface area contributed by atoms with Gasteiger partial charge in [-0.15, -0.1) is 0 Å². The molecular weight excluding hydrogens is 471 g/mol. The third-order valence-corrected chi connectivity index (χ3v) is 6.88. The maximum absolute atomic E-state index is 13.2. The van der Waals surface area contributed by atoms with Crippen LogP contribution in [0.4, 0.5) is 10.1 Å². The first-order chi connectivity index (χ1) is 17.0. The molecular formula is C25H27FN4O4S. The van der Waals surface area contributed by atoms with E-state index in [1.54, 1.807) is 30.3 Å². The van der Waals surface area contributed by atoms with Crippen LogP contribution >= 0.6 is 12.2 Å². The highest BCUT2D eigenvalue weighted by atomic mass is 32.1. The van der Waals surface area contributed by atoms with E-state index in [-0.39, 0.29) is 36.4 Å². The average molecular weight is 499 g/mol. The summed E-state index contributed by atoms with van der Waals surface area (Å²) in [7, 11) is 0. The number of halogens is 1. The maximum Gasteiger partial charge on any atom is 0.252 e. The monoisotopic (exact) mass is 498 g/mol. The second-order valence-corrected chi connectivity index (χ2v) is 9.45. The summed E-state index contributed by atoms with van der Waals surface area (Å²) in [6.45, 7) is 1.42. The van der Waals surface area contributed by atoms with E-state index in [4.69, 9.17) is 21.7 Å².